The number of anilines is 3. The molecule has 2 N–H and O–H groups in total. The van der Waals surface area contributed by atoms with Crippen molar-refractivity contribution in [1.29, 1.82) is 5.26 Å². The van der Waals surface area contributed by atoms with E-state index < -0.39 is 5.82 Å². The maximum Gasteiger partial charge on any atom is 0.224 e. The predicted octanol–water partition coefficient (Wildman–Crippen LogP) is 7.30. The summed E-state index contributed by atoms with van der Waals surface area (Å²) in [5, 5.41) is 17.0. The summed E-state index contributed by atoms with van der Waals surface area (Å²) in [4.78, 5) is 17.1. The Kier molecular flexibility index (Phi) is 8.60. The minimum atomic E-state index is -0.533. The molecule has 3 aromatic rings. The fourth-order valence-corrected chi connectivity index (χ4v) is 7.01. The Hall–Kier alpha value is -2.67. The number of hydrogen-bond acceptors (Lipinski definition) is 7. The van der Waals surface area contributed by atoms with Gasteiger partial charge >= 0.3 is 0 Å². The number of benzene rings is 2. The molecular formula is C25H24ClFN4O2S2. The lowest BCUT2D eigenvalue weighted by Crippen LogP contribution is -2.13. The van der Waals surface area contributed by atoms with E-state index in [1.165, 1.54) is 36.6 Å². The maximum atomic E-state index is 13.6. The highest BCUT2D eigenvalue weighted by Crippen LogP contribution is 2.40. The Morgan fingerprint density at radius 1 is 1.37 bits per heavy atom. The van der Waals surface area contributed by atoms with Gasteiger partial charge in [0.25, 0.3) is 0 Å². The minimum absolute atomic E-state index is 0.0342. The summed E-state index contributed by atoms with van der Waals surface area (Å²) < 4.78 is 19.4. The molecule has 2 aromatic carbocycles. The zero-order chi connectivity index (χ0) is 24.8. The largest absolute Gasteiger partial charge is 0.492 e. The van der Waals surface area contributed by atoms with Crippen molar-refractivity contribution in [1.82, 2.24) is 4.98 Å². The number of fused-ring (bicyclic) bond motifs is 1. The lowest BCUT2D eigenvalue weighted by molar-refractivity contribution is -0.116. The monoisotopic (exact) mass is 530 g/mol. The molecule has 1 aromatic heterocycles. The zero-order valence-electron chi connectivity index (χ0n) is 19.1. The number of pyridine rings is 1. The van der Waals surface area contributed by atoms with Crippen LogP contribution in [0.15, 0.2) is 36.5 Å². The molecule has 1 unspecified atom stereocenters. The zero-order valence-corrected chi connectivity index (χ0v) is 21.5. The predicted molar refractivity (Wildman–Crippen MR) is 143 cm³/mol. The first-order chi connectivity index (χ1) is 17.0. The number of nitriles is 1. The van der Waals surface area contributed by atoms with Gasteiger partial charge in [-0.3, -0.25) is 9.78 Å². The first-order valence-corrected chi connectivity index (χ1v) is 14.0. The van der Waals surface area contributed by atoms with E-state index in [4.69, 9.17) is 16.3 Å². The summed E-state index contributed by atoms with van der Waals surface area (Å²) >= 11 is 5.93. The van der Waals surface area contributed by atoms with Gasteiger partial charge in [-0.15, -0.1) is 0 Å². The van der Waals surface area contributed by atoms with E-state index in [1.54, 1.807) is 12.1 Å². The first kappa shape index (κ1) is 25.4. The van der Waals surface area contributed by atoms with Crippen LogP contribution in [0.25, 0.3) is 10.9 Å². The number of aromatic nitrogens is 1. The number of nitrogens with one attached hydrogen (secondary N) is 2. The molecule has 0 radical (unpaired) electrons. The number of rotatable bonds is 9. The van der Waals surface area contributed by atoms with E-state index in [-0.39, 0.29) is 10.9 Å². The average Bonchev–Trinajstić information content (AvgIpc) is 3.36. The fourth-order valence-electron chi connectivity index (χ4n) is 3.80. The second kappa shape index (κ2) is 11.8. The van der Waals surface area contributed by atoms with E-state index in [9.17, 15) is 14.4 Å². The fraction of sp³-hybridized carbons (Fsp3) is 0.320. The Morgan fingerprint density at radius 3 is 2.94 bits per heavy atom. The first-order valence-electron chi connectivity index (χ1n) is 11.3. The van der Waals surface area contributed by atoms with E-state index in [2.05, 4.69) is 21.7 Å². The molecule has 1 atom stereocenters. The van der Waals surface area contributed by atoms with Crippen LogP contribution in [0, 0.1) is 17.1 Å². The summed E-state index contributed by atoms with van der Waals surface area (Å²) in [5.41, 5.74) is 2.38. The summed E-state index contributed by atoms with van der Waals surface area (Å²) in [6.45, 7) is 2.28. The van der Waals surface area contributed by atoms with Gasteiger partial charge < -0.3 is 15.4 Å². The molecule has 2 heterocycles. The van der Waals surface area contributed by atoms with Crippen molar-refractivity contribution < 1.29 is 13.9 Å². The summed E-state index contributed by atoms with van der Waals surface area (Å²) in [6, 6.07) is 9.86. The molecule has 10 heteroatoms. The Balaban J connectivity index is 1.63. The van der Waals surface area contributed by atoms with Gasteiger partial charge in [0, 0.05) is 40.8 Å². The van der Waals surface area contributed by atoms with Crippen molar-refractivity contribution in [3.8, 4) is 11.8 Å². The Labute approximate surface area is 216 Å². The van der Waals surface area contributed by atoms with Crippen molar-refractivity contribution >= 4 is 67.1 Å². The van der Waals surface area contributed by atoms with Crippen LogP contribution < -0.4 is 15.4 Å². The van der Waals surface area contributed by atoms with Crippen LogP contribution in [0.3, 0.4) is 0 Å². The molecule has 0 bridgehead atoms. The quantitative estimate of drug-likeness (QED) is 0.280. The van der Waals surface area contributed by atoms with Crippen LogP contribution in [-0.2, 0) is 4.79 Å². The number of halogens is 2. The highest BCUT2D eigenvalue weighted by Gasteiger charge is 2.18. The van der Waals surface area contributed by atoms with Crippen LogP contribution in [0.5, 0.6) is 5.75 Å². The van der Waals surface area contributed by atoms with Crippen molar-refractivity contribution in [3.05, 3.63) is 52.9 Å². The van der Waals surface area contributed by atoms with Gasteiger partial charge in [-0.1, -0.05) is 33.2 Å². The molecule has 0 aliphatic carbocycles. The molecular weight excluding hydrogens is 507 g/mol. The van der Waals surface area contributed by atoms with Gasteiger partial charge in [0.1, 0.15) is 17.6 Å². The van der Waals surface area contributed by atoms with Gasteiger partial charge in [0.2, 0.25) is 5.91 Å². The van der Waals surface area contributed by atoms with E-state index in [0.717, 1.165) is 12.8 Å². The van der Waals surface area contributed by atoms with Gasteiger partial charge in [0.15, 0.2) is 0 Å². The Morgan fingerprint density at radius 2 is 2.23 bits per heavy atom. The van der Waals surface area contributed by atoms with Crippen LogP contribution in [-0.4, -0.2) is 28.5 Å². The van der Waals surface area contributed by atoms with Crippen molar-refractivity contribution in [2.24, 2.45) is 0 Å². The molecule has 1 aliphatic rings. The number of hydrogen-bond donors (Lipinski definition) is 2. The molecule has 0 spiro atoms. The van der Waals surface area contributed by atoms with Crippen LogP contribution in [0.1, 0.15) is 38.2 Å². The second-order valence-corrected chi connectivity index (χ2v) is 11.2. The highest BCUT2D eigenvalue weighted by molar-refractivity contribution is 8.77. The SMILES string of the molecule is CCOc1cc2ncc(C#N)c(Nc3ccc(F)c(Cl)c3)c2cc1NC(=O)CCCC1CCSS1. The smallest absolute Gasteiger partial charge is 0.224 e. The number of carbonyl (C=O) groups excluding carboxylic acids is 1. The van der Waals surface area contributed by atoms with Crippen LogP contribution >= 0.6 is 33.2 Å². The highest BCUT2D eigenvalue weighted by atomic mass is 35.5. The summed E-state index contributed by atoms with van der Waals surface area (Å²) in [5.74, 6) is 1.05. The van der Waals surface area contributed by atoms with Crippen molar-refractivity contribution in [2.45, 2.75) is 37.9 Å². The van der Waals surface area contributed by atoms with Crippen LogP contribution in [0.2, 0.25) is 5.02 Å². The number of amides is 1. The normalized spacial score (nSPS) is 15.1. The van der Waals surface area contributed by atoms with E-state index in [1.807, 2.05) is 28.5 Å². The molecule has 1 aliphatic heterocycles. The topological polar surface area (TPSA) is 87.0 Å². The van der Waals surface area contributed by atoms with Gasteiger partial charge in [0.05, 0.1) is 34.1 Å². The standard InChI is InChI=1S/C25H24ClFN4O2S2/c1-2-33-23-12-21-18(11-22(23)31-24(32)5-3-4-17-8-9-34-35-17)25(15(13-28)14-29-21)30-16-6-7-20(27)19(26)10-16/h6-7,10-12,14,17H,2-5,8-9H2,1H3,(H,29,30)(H,31,32). The third kappa shape index (κ3) is 6.31. The summed E-state index contributed by atoms with van der Waals surface area (Å²) in [7, 11) is 3.81. The van der Waals surface area contributed by atoms with E-state index in [0.29, 0.717) is 57.6 Å². The Bertz CT molecular complexity index is 1280. The van der Waals surface area contributed by atoms with Gasteiger partial charge in [-0.25, -0.2) is 4.39 Å². The van der Waals surface area contributed by atoms with Crippen LogP contribution in [0.4, 0.5) is 21.5 Å². The third-order valence-corrected chi connectivity index (χ3v) is 8.81. The number of ether oxygens (including phenoxy) is 1. The molecule has 1 saturated heterocycles. The molecule has 1 fully saturated rings. The number of nitrogens with zero attached hydrogens (tertiary/aromatic N) is 2. The molecule has 0 saturated carbocycles. The molecule has 1 amide bonds. The molecule has 35 heavy (non-hydrogen) atoms. The van der Waals surface area contributed by atoms with Gasteiger partial charge in [-0.2, -0.15) is 5.26 Å². The maximum absolute atomic E-state index is 13.6. The lowest BCUT2D eigenvalue weighted by atomic mass is 10.1. The molecule has 4 rings (SSSR count). The minimum Gasteiger partial charge on any atom is -0.492 e. The molecule has 6 nitrogen and oxygen atoms in total. The van der Waals surface area contributed by atoms with Crippen molar-refractivity contribution in [3.63, 3.8) is 0 Å². The lowest BCUT2D eigenvalue weighted by Gasteiger charge is -2.16. The third-order valence-electron chi connectivity index (χ3n) is 5.51. The van der Waals surface area contributed by atoms with E-state index >= 15 is 0 Å². The van der Waals surface area contributed by atoms with Gasteiger partial charge in [-0.05, 0) is 50.5 Å². The number of carbonyl (C=O) groups is 1. The average molecular weight is 531 g/mol. The van der Waals surface area contributed by atoms with Crippen molar-refractivity contribution in [2.75, 3.05) is 23.0 Å². The molecule has 182 valence electrons. The second-order valence-electron chi connectivity index (χ2n) is 7.98. The summed E-state index contributed by atoms with van der Waals surface area (Å²) in [6.07, 6.45) is 4.91.